The van der Waals surface area contributed by atoms with Gasteiger partial charge in [0.15, 0.2) is 16.3 Å². The van der Waals surface area contributed by atoms with Gasteiger partial charge in [0.05, 0.1) is 16.8 Å². The van der Waals surface area contributed by atoms with E-state index in [1.54, 1.807) is 36.5 Å². The van der Waals surface area contributed by atoms with Gasteiger partial charge in [0.1, 0.15) is 10.8 Å². The Morgan fingerprint density at radius 3 is 2.54 bits per heavy atom. The average molecular weight is 417 g/mol. The maximum absolute atomic E-state index is 12.1. The molecule has 0 amide bonds. The molecule has 2 aromatic heterocycles. The summed E-state index contributed by atoms with van der Waals surface area (Å²) >= 11 is 7.18. The van der Waals surface area contributed by atoms with Crippen LogP contribution in [0.1, 0.15) is 40.9 Å². The SMILES string of the molecule is CC(C)(C)OC(=O)c1ccc(Nc2cc(Cl)ncc2-c2nnc(C=O)s2)cc1. The second kappa shape index (κ2) is 8.04. The van der Waals surface area contributed by atoms with Gasteiger partial charge in [-0.15, -0.1) is 10.2 Å². The highest BCUT2D eigenvalue weighted by Crippen LogP contribution is 2.33. The van der Waals surface area contributed by atoms with Crippen molar-refractivity contribution < 1.29 is 14.3 Å². The minimum absolute atomic E-state index is 0.276. The highest BCUT2D eigenvalue weighted by molar-refractivity contribution is 7.16. The van der Waals surface area contributed by atoms with Crippen molar-refractivity contribution in [3.8, 4) is 10.6 Å². The number of rotatable bonds is 5. The lowest BCUT2D eigenvalue weighted by molar-refractivity contribution is 0.00695. The van der Waals surface area contributed by atoms with Crippen molar-refractivity contribution in [1.82, 2.24) is 15.2 Å². The highest BCUT2D eigenvalue weighted by Gasteiger charge is 2.18. The summed E-state index contributed by atoms with van der Waals surface area (Å²) in [5.41, 5.74) is 1.94. The quantitative estimate of drug-likeness (QED) is 0.364. The molecule has 1 aromatic carbocycles. The number of anilines is 2. The van der Waals surface area contributed by atoms with Gasteiger partial charge >= 0.3 is 5.97 Å². The van der Waals surface area contributed by atoms with Crippen molar-refractivity contribution in [2.75, 3.05) is 5.32 Å². The first-order valence-corrected chi connectivity index (χ1v) is 9.49. The predicted octanol–water partition coefficient (Wildman–Crippen LogP) is 4.76. The molecule has 0 radical (unpaired) electrons. The number of esters is 1. The van der Waals surface area contributed by atoms with Crippen LogP contribution in [-0.2, 0) is 4.74 Å². The first kappa shape index (κ1) is 19.9. The maximum atomic E-state index is 12.1. The summed E-state index contributed by atoms with van der Waals surface area (Å²) in [6.07, 6.45) is 2.21. The Balaban J connectivity index is 1.84. The van der Waals surface area contributed by atoms with E-state index in [0.29, 0.717) is 33.3 Å². The third kappa shape index (κ3) is 4.90. The summed E-state index contributed by atoms with van der Waals surface area (Å²) in [4.78, 5) is 27.1. The molecule has 9 heteroatoms. The summed E-state index contributed by atoms with van der Waals surface area (Å²) in [7, 11) is 0. The van der Waals surface area contributed by atoms with Crippen molar-refractivity contribution in [1.29, 1.82) is 0 Å². The van der Waals surface area contributed by atoms with Gasteiger partial charge < -0.3 is 10.1 Å². The van der Waals surface area contributed by atoms with Gasteiger partial charge in [-0.3, -0.25) is 4.79 Å². The van der Waals surface area contributed by atoms with E-state index in [-0.39, 0.29) is 11.0 Å². The van der Waals surface area contributed by atoms with Gasteiger partial charge in [-0.25, -0.2) is 9.78 Å². The van der Waals surface area contributed by atoms with Gasteiger partial charge in [-0.05, 0) is 51.1 Å². The predicted molar refractivity (Wildman–Crippen MR) is 108 cm³/mol. The lowest BCUT2D eigenvalue weighted by atomic mass is 10.1. The van der Waals surface area contributed by atoms with Crippen molar-refractivity contribution in [2.24, 2.45) is 0 Å². The third-order valence-corrected chi connectivity index (χ3v) is 4.53. The molecule has 0 saturated heterocycles. The molecule has 0 unspecified atom stereocenters. The van der Waals surface area contributed by atoms with Crippen LogP contribution in [0.5, 0.6) is 0 Å². The smallest absolute Gasteiger partial charge is 0.338 e. The second-order valence-corrected chi connectivity index (χ2v) is 8.22. The standard InChI is InChI=1S/C19H17ClN4O3S/c1-19(2,3)27-18(26)11-4-6-12(7-5-11)22-14-8-15(20)21-9-13(14)17-24-23-16(10-25)28-17/h4-10H,1-3H3,(H,21,22). The summed E-state index contributed by atoms with van der Waals surface area (Å²) in [6, 6.07) is 8.52. The Bertz CT molecular complexity index is 1010. The fourth-order valence-electron chi connectivity index (χ4n) is 2.28. The molecule has 0 aliphatic carbocycles. The van der Waals surface area contributed by atoms with Crippen LogP contribution >= 0.6 is 22.9 Å². The van der Waals surface area contributed by atoms with Crippen LogP contribution in [0.15, 0.2) is 36.5 Å². The van der Waals surface area contributed by atoms with Crippen molar-refractivity contribution in [3.63, 3.8) is 0 Å². The molecule has 0 fully saturated rings. The number of hydrogen-bond donors (Lipinski definition) is 1. The Morgan fingerprint density at radius 1 is 1.21 bits per heavy atom. The second-order valence-electron chi connectivity index (χ2n) is 6.82. The molecule has 0 aliphatic heterocycles. The average Bonchev–Trinajstić information content (AvgIpc) is 3.10. The fourth-order valence-corrected chi connectivity index (χ4v) is 3.12. The molecular weight excluding hydrogens is 400 g/mol. The minimum atomic E-state index is -0.557. The third-order valence-electron chi connectivity index (χ3n) is 3.44. The number of carbonyl (C=O) groups is 2. The molecule has 0 aliphatic rings. The van der Waals surface area contributed by atoms with Gasteiger partial charge in [0.25, 0.3) is 0 Å². The normalized spacial score (nSPS) is 11.1. The molecule has 1 N–H and O–H groups in total. The lowest BCUT2D eigenvalue weighted by Crippen LogP contribution is -2.23. The summed E-state index contributed by atoms with van der Waals surface area (Å²) in [5.74, 6) is -0.387. The van der Waals surface area contributed by atoms with E-state index in [9.17, 15) is 9.59 Å². The van der Waals surface area contributed by atoms with Crippen molar-refractivity contribution in [2.45, 2.75) is 26.4 Å². The molecule has 0 spiro atoms. The van der Waals surface area contributed by atoms with Gasteiger partial charge in [0.2, 0.25) is 0 Å². The van der Waals surface area contributed by atoms with E-state index in [4.69, 9.17) is 16.3 Å². The minimum Gasteiger partial charge on any atom is -0.456 e. The first-order valence-electron chi connectivity index (χ1n) is 8.30. The van der Waals surface area contributed by atoms with E-state index < -0.39 is 5.60 Å². The number of aldehydes is 1. The number of halogens is 1. The summed E-state index contributed by atoms with van der Waals surface area (Å²) in [6.45, 7) is 5.46. The summed E-state index contributed by atoms with van der Waals surface area (Å²) in [5, 5.41) is 12.2. The molecule has 0 bridgehead atoms. The number of benzene rings is 1. The summed E-state index contributed by atoms with van der Waals surface area (Å²) < 4.78 is 5.36. The number of hydrogen-bond acceptors (Lipinski definition) is 8. The zero-order valence-electron chi connectivity index (χ0n) is 15.4. The molecule has 2 heterocycles. The van der Waals surface area contributed by atoms with E-state index >= 15 is 0 Å². The molecule has 28 heavy (non-hydrogen) atoms. The number of aromatic nitrogens is 3. The van der Waals surface area contributed by atoms with Crippen LogP contribution < -0.4 is 5.32 Å². The van der Waals surface area contributed by atoms with E-state index in [0.717, 1.165) is 17.0 Å². The number of pyridine rings is 1. The van der Waals surface area contributed by atoms with Gasteiger partial charge in [-0.2, -0.15) is 0 Å². The largest absolute Gasteiger partial charge is 0.456 e. The zero-order valence-corrected chi connectivity index (χ0v) is 17.0. The Kier molecular flexibility index (Phi) is 5.71. The van der Waals surface area contributed by atoms with Crippen LogP contribution in [0, 0.1) is 0 Å². The number of nitrogens with zero attached hydrogens (tertiary/aromatic N) is 3. The molecular formula is C19H17ClN4O3S. The van der Waals surface area contributed by atoms with E-state index in [1.165, 1.54) is 0 Å². The maximum Gasteiger partial charge on any atom is 0.338 e. The lowest BCUT2D eigenvalue weighted by Gasteiger charge is -2.19. The van der Waals surface area contributed by atoms with Crippen LogP contribution in [0.3, 0.4) is 0 Å². The van der Waals surface area contributed by atoms with Gasteiger partial charge in [0, 0.05) is 11.9 Å². The molecule has 0 atom stereocenters. The van der Waals surface area contributed by atoms with Crippen LogP contribution in [0.2, 0.25) is 5.15 Å². The van der Waals surface area contributed by atoms with Crippen molar-refractivity contribution >= 4 is 46.6 Å². The topological polar surface area (TPSA) is 94.1 Å². The Morgan fingerprint density at radius 2 is 1.93 bits per heavy atom. The monoisotopic (exact) mass is 416 g/mol. The van der Waals surface area contributed by atoms with Crippen molar-refractivity contribution in [3.05, 3.63) is 52.3 Å². The number of carbonyl (C=O) groups excluding carboxylic acids is 2. The number of ether oxygens (including phenoxy) is 1. The molecule has 0 saturated carbocycles. The van der Waals surface area contributed by atoms with E-state index in [2.05, 4.69) is 20.5 Å². The first-order chi connectivity index (χ1) is 13.2. The van der Waals surface area contributed by atoms with Crippen LogP contribution in [0.4, 0.5) is 11.4 Å². The van der Waals surface area contributed by atoms with Crippen LogP contribution in [-0.4, -0.2) is 33.0 Å². The molecule has 3 rings (SSSR count). The number of nitrogens with one attached hydrogen (secondary N) is 1. The van der Waals surface area contributed by atoms with Gasteiger partial charge in [-0.1, -0.05) is 22.9 Å². The van der Waals surface area contributed by atoms with E-state index in [1.807, 2.05) is 20.8 Å². The zero-order chi connectivity index (χ0) is 20.3. The van der Waals surface area contributed by atoms with Crippen LogP contribution in [0.25, 0.3) is 10.6 Å². The fraction of sp³-hybridized carbons (Fsp3) is 0.211. The molecule has 3 aromatic rings. The highest BCUT2D eigenvalue weighted by atomic mass is 35.5. The Hall–Kier alpha value is -2.84. The Labute approximate surface area is 170 Å². The molecule has 144 valence electrons. The molecule has 7 nitrogen and oxygen atoms in total.